The van der Waals surface area contributed by atoms with Gasteiger partial charge in [0.1, 0.15) is 0 Å². The molecule has 1 heterocycles. The normalized spacial score (nSPS) is 13.2. The van der Waals surface area contributed by atoms with Gasteiger partial charge in [0.25, 0.3) is 0 Å². The topological polar surface area (TPSA) is 43.8 Å². The Balaban J connectivity index is 2.66. The first-order chi connectivity index (χ1) is 8.18. The van der Waals surface area contributed by atoms with E-state index in [1.54, 1.807) is 38.1 Å². The highest BCUT2D eigenvalue weighted by Crippen LogP contribution is 2.32. The molecule has 0 atom stereocenters. The van der Waals surface area contributed by atoms with Crippen molar-refractivity contribution in [1.82, 2.24) is 9.55 Å². The minimum Gasteiger partial charge on any atom is -0.324 e. The second-order valence-corrected chi connectivity index (χ2v) is 5.00. The van der Waals surface area contributed by atoms with Crippen LogP contribution in [0.15, 0.2) is 24.3 Å². The van der Waals surface area contributed by atoms with Crippen molar-refractivity contribution in [2.45, 2.75) is 32.1 Å². The summed E-state index contributed by atoms with van der Waals surface area (Å²) >= 11 is 0. The largest absolute Gasteiger partial charge is 0.449 e. The molecular weight excluding hydrogens is 243 g/mol. The predicted molar refractivity (Wildman–Crippen MR) is 63.0 cm³/mol. The SMILES string of the molecule is CC(C)(N)Cn1c(C(F)(F)F)nc2ccccc21. The molecule has 1 aromatic carbocycles. The van der Waals surface area contributed by atoms with Gasteiger partial charge >= 0.3 is 6.18 Å². The van der Waals surface area contributed by atoms with Gasteiger partial charge in [0.2, 0.25) is 5.82 Å². The van der Waals surface area contributed by atoms with Crippen LogP contribution in [0.2, 0.25) is 0 Å². The summed E-state index contributed by atoms with van der Waals surface area (Å²) in [5.74, 6) is -0.901. The molecule has 3 nitrogen and oxygen atoms in total. The third-order valence-corrected chi connectivity index (χ3v) is 2.47. The Morgan fingerprint density at radius 2 is 1.83 bits per heavy atom. The zero-order chi connectivity index (χ0) is 13.6. The Hall–Kier alpha value is -1.56. The molecule has 0 radical (unpaired) electrons. The van der Waals surface area contributed by atoms with Gasteiger partial charge < -0.3 is 10.3 Å². The highest BCUT2D eigenvalue weighted by atomic mass is 19.4. The molecule has 0 bridgehead atoms. The summed E-state index contributed by atoms with van der Waals surface area (Å²) in [7, 11) is 0. The summed E-state index contributed by atoms with van der Waals surface area (Å²) in [6, 6.07) is 6.52. The zero-order valence-electron chi connectivity index (χ0n) is 10.1. The molecule has 0 unspecified atom stereocenters. The van der Waals surface area contributed by atoms with Crippen molar-refractivity contribution in [3.05, 3.63) is 30.1 Å². The standard InChI is InChI=1S/C12H14F3N3/c1-11(2,16)7-18-9-6-4-3-5-8(9)17-10(18)12(13,14)15/h3-6H,7,16H2,1-2H3. The second kappa shape index (κ2) is 3.98. The van der Waals surface area contributed by atoms with Crippen LogP contribution in [0.5, 0.6) is 0 Å². The van der Waals surface area contributed by atoms with Crippen LogP contribution in [0.25, 0.3) is 11.0 Å². The number of halogens is 3. The fourth-order valence-corrected chi connectivity index (χ4v) is 1.86. The number of aromatic nitrogens is 2. The molecule has 2 rings (SSSR count). The lowest BCUT2D eigenvalue weighted by Crippen LogP contribution is -2.38. The minimum atomic E-state index is -4.48. The predicted octanol–water partition coefficient (Wildman–Crippen LogP) is 2.79. The number of imidazole rings is 1. The summed E-state index contributed by atoms with van der Waals surface area (Å²) in [4.78, 5) is 3.65. The number of rotatable bonds is 2. The number of hydrogen-bond acceptors (Lipinski definition) is 2. The first-order valence-electron chi connectivity index (χ1n) is 5.50. The van der Waals surface area contributed by atoms with Gasteiger partial charge in [-0.2, -0.15) is 13.2 Å². The second-order valence-electron chi connectivity index (χ2n) is 5.00. The lowest BCUT2D eigenvalue weighted by atomic mass is 10.1. The molecule has 6 heteroatoms. The molecule has 0 aliphatic carbocycles. The van der Waals surface area contributed by atoms with Crippen molar-refractivity contribution in [3.8, 4) is 0 Å². The first kappa shape index (κ1) is 12.9. The Bertz CT molecular complexity index is 564. The van der Waals surface area contributed by atoms with Crippen molar-refractivity contribution in [3.63, 3.8) is 0 Å². The van der Waals surface area contributed by atoms with Crippen LogP contribution in [0.4, 0.5) is 13.2 Å². The Kier molecular flexibility index (Phi) is 2.85. The van der Waals surface area contributed by atoms with Crippen LogP contribution in [0, 0.1) is 0 Å². The van der Waals surface area contributed by atoms with Crippen molar-refractivity contribution >= 4 is 11.0 Å². The third-order valence-electron chi connectivity index (χ3n) is 2.47. The van der Waals surface area contributed by atoms with E-state index in [0.717, 1.165) is 4.57 Å². The Morgan fingerprint density at radius 1 is 1.22 bits per heavy atom. The monoisotopic (exact) mass is 257 g/mol. The number of fused-ring (bicyclic) bond motifs is 1. The molecule has 0 aliphatic heterocycles. The molecule has 0 amide bonds. The molecule has 2 N–H and O–H groups in total. The summed E-state index contributed by atoms with van der Waals surface area (Å²) in [5.41, 5.74) is 5.84. The first-order valence-corrected chi connectivity index (χ1v) is 5.50. The Morgan fingerprint density at radius 3 is 2.39 bits per heavy atom. The smallest absolute Gasteiger partial charge is 0.324 e. The molecule has 0 saturated heterocycles. The average Bonchev–Trinajstić information content (AvgIpc) is 2.55. The van der Waals surface area contributed by atoms with Crippen LogP contribution in [-0.2, 0) is 12.7 Å². The minimum absolute atomic E-state index is 0.0579. The molecular formula is C12H14F3N3. The fraction of sp³-hybridized carbons (Fsp3) is 0.417. The maximum atomic E-state index is 12.9. The molecule has 0 aliphatic rings. The summed E-state index contributed by atoms with van der Waals surface area (Å²) in [6.45, 7) is 3.42. The number of nitrogens with zero attached hydrogens (tertiary/aromatic N) is 2. The van der Waals surface area contributed by atoms with Gasteiger partial charge in [-0.05, 0) is 26.0 Å². The molecule has 98 valence electrons. The van der Waals surface area contributed by atoms with E-state index in [1.165, 1.54) is 0 Å². The molecule has 0 spiro atoms. The van der Waals surface area contributed by atoms with E-state index in [2.05, 4.69) is 4.98 Å². The molecule has 2 aromatic rings. The molecule has 0 fully saturated rings. The van der Waals surface area contributed by atoms with Crippen LogP contribution in [0.1, 0.15) is 19.7 Å². The maximum Gasteiger partial charge on any atom is 0.449 e. The van der Waals surface area contributed by atoms with Crippen LogP contribution < -0.4 is 5.73 Å². The number of para-hydroxylation sites is 2. The van der Waals surface area contributed by atoms with E-state index in [9.17, 15) is 13.2 Å². The molecule has 18 heavy (non-hydrogen) atoms. The Labute approximate surface area is 102 Å². The average molecular weight is 257 g/mol. The van der Waals surface area contributed by atoms with E-state index in [4.69, 9.17) is 5.73 Å². The van der Waals surface area contributed by atoms with Crippen molar-refractivity contribution in [2.24, 2.45) is 5.73 Å². The van der Waals surface area contributed by atoms with E-state index in [1.807, 2.05) is 0 Å². The quantitative estimate of drug-likeness (QED) is 0.899. The highest BCUT2D eigenvalue weighted by molar-refractivity contribution is 5.76. The van der Waals surface area contributed by atoms with Crippen molar-refractivity contribution in [1.29, 1.82) is 0 Å². The highest BCUT2D eigenvalue weighted by Gasteiger charge is 2.38. The number of benzene rings is 1. The van der Waals surface area contributed by atoms with Gasteiger partial charge in [-0.1, -0.05) is 12.1 Å². The van der Waals surface area contributed by atoms with Crippen molar-refractivity contribution in [2.75, 3.05) is 0 Å². The van der Waals surface area contributed by atoms with E-state index < -0.39 is 17.5 Å². The lowest BCUT2D eigenvalue weighted by molar-refractivity contribution is -0.147. The summed E-state index contributed by atoms with van der Waals surface area (Å²) in [6.07, 6.45) is -4.48. The van der Waals surface area contributed by atoms with Crippen LogP contribution in [0.3, 0.4) is 0 Å². The van der Waals surface area contributed by atoms with Gasteiger partial charge in [0.15, 0.2) is 0 Å². The number of alkyl halides is 3. The maximum absolute atomic E-state index is 12.9. The third kappa shape index (κ3) is 2.48. The zero-order valence-corrected chi connectivity index (χ0v) is 10.1. The van der Waals surface area contributed by atoms with Gasteiger partial charge in [-0.15, -0.1) is 0 Å². The van der Waals surface area contributed by atoms with Crippen LogP contribution in [-0.4, -0.2) is 15.1 Å². The van der Waals surface area contributed by atoms with Gasteiger partial charge in [0.05, 0.1) is 11.0 Å². The molecule has 1 aromatic heterocycles. The van der Waals surface area contributed by atoms with Crippen molar-refractivity contribution < 1.29 is 13.2 Å². The lowest BCUT2D eigenvalue weighted by Gasteiger charge is -2.21. The van der Waals surface area contributed by atoms with E-state index in [0.29, 0.717) is 11.0 Å². The van der Waals surface area contributed by atoms with Gasteiger partial charge in [-0.3, -0.25) is 0 Å². The summed E-state index contributed by atoms with van der Waals surface area (Å²) in [5, 5.41) is 0. The fourth-order valence-electron chi connectivity index (χ4n) is 1.86. The van der Waals surface area contributed by atoms with E-state index >= 15 is 0 Å². The number of nitrogens with two attached hydrogens (primary N) is 1. The number of hydrogen-bond donors (Lipinski definition) is 1. The molecule has 0 saturated carbocycles. The van der Waals surface area contributed by atoms with Crippen LogP contribution >= 0.6 is 0 Å². The van der Waals surface area contributed by atoms with E-state index in [-0.39, 0.29) is 6.54 Å². The summed E-state index contributed by atoms with van der Waals surface area (Å²) < 4.78 is 39.9. The van der Waals surface area contributed by atoms with Gasteiger partial charge in [-0.25, -0.2) is 4.98 Å². The van der Waals surface area contributed by atoms with Gasteiger partial charge in [0, 0.05) is 12.1 Å².